The minimum absolute atomic E-state index is 0.451. The number of likely N-dealkylation sites (tertiary alicyclic amines) is 1. The minimum Gasteiger partial charge on any atom is -0.355 e. The Morgan fingerprint density at radius 2 is 1.88 bits per heavy atom. The van der Waals surface area contributed by atoms with Crippen molar-refractivity contribution in [1.29, 1.82) is 0 Å². The summed E-state index contributed by atoms with van der Waals surface area (Å²) < 4.78 is 0. The van der Waals surface area contributed by atoms with Gasteiger partial charge in [0.05, 0.1) is 0 Å². The summed E-state index contributed by atoms with van der Waals surface area (Å²) >= 11 is 0. The van der Waals surface area contributed by atoms with Crippen LogP contribution in [0.5, 0.6) is 0 Å². The van der Waals surface area contributed by atoms with E-state index in [1.165, 1.54) is 58.4 Å². The summed E-state index contributed by atoms with van der Waals surface area (Å²) in [5.41, 5.74) is 0.451. The van der Waals surface area contributed by atoms with E-state index in [9.17, 15) is 0 Å². The molecule has 2 rings (SSSR count). The molecule has 0 aromatic heterocycles. The lowest BCUT2D eigenvalue weighted by atomic mass is 9.78. The van der Waals surface area contributed by atoms with Crippen LogP contribution in [0.2, 0.25) is 0 Å². The summed E-state index contributed by atoms with van der Waals surface area (Å²) in [6.07, 6.45) is 5.23. The van der Waals surface area contributed by atoms with Crippen LogP contribution in [0.4, 0.5) is 0 Å². The molecule has 0 aromatic carbocycles. The Morgan fingerprint density at radius 1 is 1.16 bits per heavy atom. The van der Waals surface area contributed by atoms with Crippen LogP contribution < -0.4 is 5.32 Å². The second-order valence-electron chi connectivity index (χ2n) is 8.33. The van der Waals surface area contributed by atoms with Crippen LogP contribution in [0.15, 0.2) is 4.99 Å². The largest absolute Gasteiger partial charge is 0.355 e. The molecule has 0 saturated carbocycles. The highest BCUT2D eigenvalue weighted by Gasteiger charge is 2.31. The van der Waals surface area contributed by atoms with Gasteiger partial charge in [0.25, 0.3) is 0 Å². The summed E-state index contributed by atoms with van der Waals surface area (Å²) in [7, 11) is 1.93. The summed E-state index contributed by atoms with van der Waals surface area (Å²) in [5, 5.41) is 3.66. The first kappa shape index (κ1) is 20.5. The number of hydrogen-bond acceptors (Lipinski definition) is 3. The van der Waals surface area contributed by atoms with Crippen molar-refractivity contribution < 1.29 is 0 Å². The number of nitrogens with one attached hydrogen (secondary N) is 1. The predicted octanol–water partition coefficient (Wildman–Crippen LogP) is 2.49. The molecule has 2 saturated heterocycles. The highest BCUT2D eigenvalue weighted by atomic mass is 15.3. The fourth-order valence-corrected chi connectivity index (χ4v) is 4.52. The van der Waals surface area contributed by atoms with Crippen LogP contribution in [0.3, 0.4) is 0 Å². The van der Waals surface area contributed by atoms with Gasteiger partial charge in [-0.2, -0.15) is 0 Å². The van der Waals surface area contributed by atoms with E-state index in [0.717, 1.165) is 25.6 Å². The number of hydrogen-bond donors (Lipinski definition) is 1. The molecular formula is C20H41N5. The fraction of sp³-hybridized carbons (Fsp3) is 0.950. The van der Waals surface area contributed by atoms with E-state index in [2.05, 4.69) is 52.7 Å². The van der Waals surface area contributed by atoms with Crippen LogP contribution >= 0.6 is 0 Å². The lowest BCUT2D eigenvalue weighted by Crippen LogP contribution is -2.55. The number of guanidine groups is 1. The number of piperidine rings is 1. The third kappa shape index (κ3) is 5.85. The smallest absolute Gasteiger partial charge is 0.193 e. The number of aliphatic imine (C=N–C) groups is 1. The zero-order valence-corrected chi connectivity index (χ0v) is 17.4. The first-order chi connectivity index (χ1) is 12.0. The number of nitrogens with zero attached hydrogens (tertiary/aromatic N) is 4. The minimum atomic E-state index is 0.451. The molecule has 5 nitrogen and oxygen atoms in total. The van der Waals surface area contributed by atoms with E-state index < -0.39 is 0 Å². The molecule has 0 aromatic rings. The SMILES string of the molecule is CCCC1(C)CCCN(C(=NC)NCC(C)N2CCN(CC)CC2)C1. The predicted molar refractivity (Wildman–Crippen MR) is 108 cm³/mol. The zero-order valence-electron chi connectivity index (χ0n) is 17.4. The van der Waals surface area contributed by atoms with Crippen LogP contribution in [0.25, 0.3) is 0 Å². The van der Waals surface area contributed by atoms with Crippen LogP contribution in [0, 0.1) is 5.41 Å². The van der Waals surface area contributed by atoms with Crippen molar-refractivity contribution in [2.24, 2.45) is 10.4 Å². The Hall–Kier alpha value is -0.810. The van der Waals surface area contributed by atoms with E-state index in [0.29, 0.717) is 11.5 Å². The Labute approximate surface area is 155 Å². The Balaban J connectivity index is 1.81. The van der Waals surface area contributed by atoms with Crippen molar-refractivity contribution >= 4 is 5.96 Å². The Morgan fingerprint density at radius 3 is 2.48 bits per heavy atom. The number of rotatable bonds is 6. The fourth-order valence-electron chi connectivity index (χ4n) is 4.52. The number of likely N-dealkylation sites (N-methyl/N-ethyl adjacent to an activating group) is 1. The van der Waals surface area contributed by atoms with Gasteiger partial charge in [0.1, 0.15) is 0 Å². The van der Waals surface area contributed by atoms with Crippen molar-refractivity contribution in [2.75, 3.05) is 59.4 Å². The first-order valence-electron chi connectivity index (χ1n) is 10.4. The van der Waals surface area contributed by atoms with Gasteiger partial charge in [0, 0.05) is 58.9 Å². The Bertz CT molecular complexity index is 412. The molecular weight excluding hydrogens is 310 g/mol. The van der Waals surface area contributed by atoms with Gasteiger partial charge in [-0.05, 0) is 38.1 Å². The Kier molecular flexibility index (Phi) is 8.01. The normalized spacial score (nSPS) is 28.2. The summed E-state index contributed by atoms with van der Waals surface area (Å²) in [5.74, 6) is 1.10. The molecule has 2 fully saturated rings. The van der Waals surface area contributed by atoms with Crippen LogP contribution in [-0.4, -0.2) is 86.1 Å². The van der Waals surface area contributed by atoms with Crippen LogP contribution in [0.1, 0.15) is 53.4 Å². The van der Waals surface area contributed by atoms with Gasteiger partial charge in [-0.15, -0.1) is 0 Å². The van der Waals surface area contributed by atoms with Gasteiger partial charge in [-0.3, -0.25) is 9.89 Å². The molecule has 0 amide bonds. The molecule has 146 valence electrons. The average molecular weight is 352 g/mol. The second kappa shape index (κ2) is 9.77. The topological polar surface area (TPSA) is 34.1 Å². The van der Waals surface area contributed by atoms with Crippen molar-refractivity contribution in [3.63, 3.8) is 0 Å². The van der Waals surface area contributed by atoms with E-state index in [-0.39, 0.29) is 0 Å². The quantitative estimate of drug-likeness (QED) is 0.589. The van der Waals surface area contributed by atoms with Gasteiger partial charge in [-0.25, -0.2) is 0 Å². The van der Waals surface area contributed by atoms with Gasteiger partial charge < -0.3 is 15.1 Å². The molecule has 0 radical (unpaired) electrons. The summed E-state index contributed by atoms with van der Waals surface area (Å²) in [6.45, 7) is 18.6. The summed E-state index contributed by atoms with van der Waals surface area (Å²) in [6, 6.07) is 0.558. The van der Waals surface area contributed by atoms with Crippen LogP contribution in [-0.2, 0) is 0 Å². The lowest BCUT2D eigenvalue weighted by molar-refractivity contribution is 0.105. The molecule has 0 aliphatic carbocycles. The van der Waals surface area contributed by atoms with E-state index in [4.69, 9.17) is 0 Å². The van der Waals surface area contributed by atoms with Crippen molar-refractivity contribution in [3.8, 4) is 0 Å². The third-order valence-electron chi connectivity index (χ3n) is 6.18. The monoisotopic (exact) mass is 351 g/mol. The molecule has 2 heterocycles. The second-order valence-corrected chi connectivity index (χ2v) is 8.33. The van der Waals surface area contributed by atoms with E-state index in [1.54, 1.807) is 0 Å². The molecule has 5 heteroatoms. The molecule has 2 aliphatic heterocycles. The van der Waals surface area contributed by atoms with E-state index in [1.807, 2.05) is 7.05 Å². The lowest BCUT2D eigenvalue weighted by Gasteiger charge is -2.42. The van der Waals surface area contributed by atoms with Gasteiger partial charge in [-0.1, -0.05) is 27.2 Å². The van der Waals surface area contributed by atoms with Crippen molar-refractivity contribution in [1.82, 2.24) is 20.0 Å². The molecule has 2 atom stereocenters. The van der Waals surface area contributed by atoms with E-state index >= 15 is 0 Å². The maximum atomic E-state index is 4.58. The molecule has 25 heavy (non-hydrogen) atoms. The molecule has 1 N–H and O–H groups in total. The summed E-state index contributed by atoms with van der Waals surface area (Å²) in [4.78, 5) is 12.2. The van der Waals surface area contributed by atoms with Gasteiger partial charge in [0.15, 0.2) is 5.96 Å². The molecule has 2 unspecified atom stereocenters. The number of piperazine rings is 1. The van der Waals surface area contributed by atoms with Crippen molar-refractivity contribution in [3.05, 3.63) is 0 Å². The average Bonchev–Trinajstić information content (AvgIpc) is 2.62. The molecule has 2 aliphatic rings. The maximum absolute atomic E-state index is 4.58. The highest BCUT2D eigenvalue weighted by Crippen LogP contribution is 2.33. The maximum Gasteiger partial charge on any atom is 0.193 e. The highest BCUT2D eigenvalue weighted by molar-refractivity contribution is 5.80. The van der Waals surface area contributed by atoms with Crippen molar-refractivity contribution in [2.45, 2.75) is 59.4 Å². The third-order valence-corrected chi connectivity index (χ3v) is 6.18. The first-order valence-corrected chi connectivity index (χ1v) is 10.4. The standard InChI is InChI=1S/C20H41N5/c1-6-9-20(4)10-8-11-25(17-20)19(21-5)22-16-18(3)24-14-12-23(7-2)13-15-24/h18H,6-17H2,1-5H3,(H,21,22). The van der Waals surface area contributed by atoms with Gasteiger partial charge in [0.2, 0.25) is 0 Å². The molecule has 0 bridgehead atoms. The zero-order chi connectivity index (χ0) is 18.3. The molecule has 0 spiro atoms. The van der Waals surface area contributed by atoms with Gasteiger partial charge >= 0.3 is 0 Å².